The van der Waals surface area contributed by atoms with Crippen LogP contribution in [0.5, 0.6) is 0 Å². The van der Waals surface area contributed by atoms with Crippen molar-refractivity contribution in [2.75, 3.05) is 18.2 Å². The van der Waals surface area contributed by atoms with Gasteiger partial charge >= 0.3 is 0 Å². The van der Waals surface area contributed by atoms with Crippen molar-refractivity contribution in [3.05, 3.63) is 46.2 Å². The second-order valence-corrected chi connectivity index (χ2v) is 11.0. The number of anilines is 1. The number of thiazole rings is 1. The molecule has 3 aromatic rings. The molecule has 0 spiro atoms. The normalized spacial score (nSPS) is 21.0. The fourth-order valence-corrected chi connectivity index (χ4v) is 5.28. The van der Waals surface area contributed by atoms with Gasteiger partial charge in [0.25, 0.3) is 5.91 Å². The lowest BCUT2D eigenvalue weighted by Gasteiger charge is -2.15. The first-order valence-electron chi connectivity index (χ1n) is 10.5. The number of sulfone groups is 1. The molecule has 1 aliphatic rings. The molecule has 0 radical (unpaired) electrons. The molecule has 1 aromatic carbocycles. The third-order valence-electron chi connectivity index (χ3n) is 5.62. The molecule has 1 fully saturated rings. The summed E-state index contributed by atoms with van der Waals surface area (Å²) in [5, 5.41) is 10.7. The quantitative estimate of drug-likeness (QED) is 0.431. The van der Waals surface area contributed by atoms with E-state index in [0.717, 1.165) is 29.7 Å². The minimum absolute atomic E-state index is 0.146. The molecular formula is C21H22F3N5O4S2. The number of ether oxygens (including phenoxy) is 1. The van der Waals surface area contributed by atoms with E-state index in [9.17, 15) is 26.4 Å². The number of nitrogens with one attached hydrogen (secondary N) is 2. The summed E-state index contributed by atoms with van der Waals surface area (Å²) < 4.78 is 72.3. The summed E-state index contributed by atoms with van der Waals surface area (Å²) in [4.78, 5) is 16.2. The minimum Gasteiger partial charge on any atom is -0.369 e. The maximum absolute atomic E-state index is 14.8. The van der Waals surface area contributed by atoms with Gasteiger partial charge in [-0.1, -0.05) is 0 Å². The van der Waals surface area contributed by atoms with E-state index in [1.165, 1.54) is 5.38 Å². The molecule has 0 aliphatic carbocycles. The first-order chi connectivity index (χ1) is 16.5. The molecule has 3 heterocycles. The minimum atomic E-state index is -3.95. The molecule has 9 nitrogen and oxygen atoms in total. The van der Waals surface area contributed by atoms with E-state index >= 15 is 0 Å². The van der Waals surface area contributed by atoms with E-state index in [1.54, 1.807) is 6.92 Å². The Bertz CT molecular complexity index is 1360. The fraction of sp³-hybridized carbons (Fsp3) is 0.381. The highest BCUT2D eigenvalue weighted by Gasteiger charge is 2.30. The van der Waals surface area contributed by atoms with E-state index in [4.69, 9.17) is 10.5 Å². The Morgan fingerprint density at radius 3 is 2.77 bits per heavy atom. The van der Waals surface area contributed by atoms with Crippen molar-refractivity contribution < 1.29 is 31.1 Å². The van der Waals surface area contributed by atoms with Crippen LogP contribution in [0.2, 0.25) is 0 Å². The van der Waals surface area contributed by atoms with Crippen LogP contribution < -0.4 is 11.1 Å². The molecule has 2 aromatic heterocycles. The number of benzene rings is 1. The van der Waals surface area contributed by atoms with Crippen LogP contribution in [0.25, 0.3) is 10.6 Å². The van der Waals surface area contributed by atoms with Crippen LogP contribution in [0.4, 0.5) is 18.9 Å². The number of amides is 1. The highest BCUT2D eigenvalue weighted by atomic mass is 32.2. The SMILES string of the molecule is Cc1n[nH]c([C@@H]2CC[C@@H](N)[C@H](F)CO2)c1NC(=O)c1csc(-c2c(F)ccc(S(C)(=O)=O)c2F)n1. The van der Waals surface area contributed by atoms with Crippen molar-refractivity contribution in [3.8, 4) is 10.6 Å². The van der Waals surface area contributed by atoms with Gasteiger partial charge < -0.3 is 15.8 Å². The van der Waals surface area contributed by atoms with Crippen molar-refractivity contribution in [3.63, 3.8) is 0 Å². The number of aromatic amines is 1. The van der Waals surface area contributed by atoms with Crippen LogP contribution in [0.15, 0.2) is 22.4 Å². The maximum atomic E-state index is 14.8. The highest BCUT2D eigenvalue weighted by molar-refractivity contribution is 7.90. The summed E-state index contributed by atoms with van der Waals surface area (Å²) in [5.74, 6) is -2.98. The van der Waals surface area contributed by atoms with Gasteiger partial charge in [0.2, 0.25) is 0 Å². The number of nitrogens with two attached hydrogens (primary N) is 1. The molecule has 14 heteroatoms. The predicted octanol–water partition coefficient (Wildman–Crippen LogP) is 3.29. The second kappa shape index (κ2) is 9.68. The standard InChI is InChI=1S/C21H22F3N5O4S2/c1-9-18(19(29-28-9)14-5-4-12(25)11(23)7-33-14)27-20(30)13-8-34-21(26-13)16-10(22)3-6-15(17(16)24)35(2,31)32/h3,6,8,11-12,14H,4-5,7,25H2,1-2H3,(H,27,30)(H,28,29)/t11-,12-,14+/m1/s1. The molecule has 3 atom stereocenters. The van der Waals surface area contributed by atoms with Crippen LogP contribution in [0.3, 0.4) is 0 Å². The molecule has 1 aliphatic heterocycles. The van der Waals surface area contributed by atoms with Gasteiger partial charge in [-0.3, -0.25) is 9.89 Å². The van der Waals surface area contributed by atoms with Crippen molar-refractivity contribution >= 4 is 32.8 Å². The predicted molar refractivity (Wildman–Crippen MR) is 123 cm³/mol. The average molecular weight is 530 g/mol. The number of halogens is 3. The van der Waals surface area contributed by atoms with Crippen molar-refractivity contribution in [1.29, 1.82) is 0 Å². The number of aromatic nitrogens is 3. The average Bonchev–Trinajstić information content (AvgIpc) is 3.36. The zero-order chi connectivity index (χ0) is 25.5. The lowest BCUT2D eigenvalue weighted by Crippen LogP contribution is -2.32. The van der Waals surface area contributed by atoms with Crippen LogP contribution in [-0.2, 0) is 14.6 Å². The second-order valence-electron chi connectivity index (χ2n) is 8.18. The van der Waals surface area contributed by atoms with Gasteiger partial charge in [0, 0.05) is 17.7 Å². The Kier molecular flexibility index (Phi) is 6.99. The van der Waals surface area contributed by atoms with E-state index in [0.29, 0.717) is 29.9 Å². The molecular weight excluding hydrogens is 507 g/mol. The van der Waals surface area contributed by atoms with Crippen LogP contribution in [0.1, 0.15) is 40.8 Å². The lowest BCUT2D eigenvalue weighted by molar-refractivity contribution is 0.0267. The third kappa shape index (κ3) is 5.10. The van der Waals surface area contributed by atoms with Crippen LogP contribution in [0, 0.1) is 18.6 Å². The highest BCUT2D eigenvalue weighted by Crippen LogP contribution is 2.35. The van der Waals surface area contributed by atoms with Gasteiger partial charge in [-0.15, -0.1) is 11.3 Å². The zero-order valence-corrected chi connectivity index (χ0v) is 20.3. The molecule has 4 N–H and O–H groups in total. The number of nitrogens with zero attached hydrogens (tertiary/aromatic N) is 2. The van der Waals surface area contributed by atoms with Gasteiger partial charge in [-0.25, -0.2) is 26.6 Å². The maximum Gasteiger partial charge on any atom is 0.275 e. The zero-order valence-electron chi connectivity index (χ0n) is 18.6. The largest absolute Gasteiger partial charge is 0.369 e. The molecule has 4 rings (SSSR count). The van der Waals surface area contributed by atoms with Gasteiger partial charge in [0.05, 0.1) is 29.2 Å². The van der Waals surface area contributed by atoms with Gasteiger partial charge in [-0.2, -0.15) is 5.10 Å². The van der Waals surface area contributed by atoms with Crippen LogP contribution in [-0.4, -0.2) is 54.6 Å². The monoisotopic (exact) mass is 529 g/mol. The third-order valence-corrected chi connectivity index (χ3v) is 7.60. The summed E-state index contributed by atoms with van der Waals surface area (Å²) in [6.45, 7) is 1.44. The van der Waals surface area contributed by atoms with Gasteiger partial charge in [0.15, 0.2) is 15.7 Å². The number of carbonyl (C=O) groups excluding carboxylic acids is 1. The van der Waals surface area contributed by atoms with E-state index in [1.807, 2.05) is 0 Å². The first-order valence-corrected chi connectivity index (χ1v) is 13.3. The molecule has 1 amide bonds. The van der Waals surface area contributed by atoms with Gasteiger partial charge in [-0.05, 0) is 31.9 Å². The van der Waals surface area contributed by atoms with E-state index in [-0.39, 0.29) is 17.3 Å². The molecule has 188 valence electrons. The Balaban J connectivity index is 1.60. The number of hydrogen-bond acceptors (Lipinski definition) is 8. The molecule has 0 saturated carbocycles. The summed E-state index contributed by atoms with van der Waals surface area (Å²) in [6.07, 6.45) is -0.305. The van der Waals surface area contributed by atoms with Crippen molar-refractivity contribution in [2.45, 2.75) is 43.0 Å². The Morgan fingerprint density at radius 1 is 1.31 bits per heavy atom. The number of rotatable bonds is 5. The van der Waals surface area contributed by atoms with Gasteiger partial charge in [0.1, 0.15) is 33.7 Å². The summed E-state index contributed by atoms with van der Waals surface area (Å²) in [7, 11) is -3.95. The molecule has 0 bridgehead atoms. The molecule has 1 saturated heterocycles. The Hall–Kier alpha value is -2.81. The number of alkyl halides is 1. The number of hydrogen-bond donors (Lipinski definition) is 3. The molecule has 0 unspecified atom stereocenters. The Labute approximate surface area is 202 Å². The number of aryl methyl sites for hydroxylation is 1. The van der Waals surface area contributed by atoms with E-state index < -0.39 is 56.2 Å². The summed E-state index contributed by atoms with van der Waals surface area (Å²) in [5.41, 5.74) is 6.19. The van der Waals surface area contributed by atoms with E-state index in [2.05, 4.69) is 20.5 Å². The van der Waals surface area contributed by atoms with Crippen LogP contribution >= 0.6 is 11.3 Å². The van der Waals surface area contributed by atoms with Crippen molar-refractivity contribution in [2.24, 2.45) is 5.73 Å². The van der Waals surface area contributed by atoms with Crippen molar-refractivity contribution in [1.82, 2.24) is 15.2 Å². The summed E-state index contributed by atoms with van der Waals surface area (Å²) >= 11 is 0.780. The number of carbonyl (C=O) groups is 1. The molecule has 35 heavy (non-hydrogen) atoms. The smallest absolute Gasteiger partial charge is 0.275 e. The topological polar surface area (TPSA) is 140 Å². The Morgan fingerprint density at radius 2 is 2.06 bits per heavy atom. The fourth-order valence-electron chi connectivity index (χ4n) is 3.70. The number of H-pyrrole nitrogens is 1. The first kappa shape index (κ1) is 25.3. The summed E-state index contributed by atoms with van der Waals surface area (Å²) in [6, 6.07) is 1.01. The lowest BCUT2D eigenvalue weighted by atomic mass is 10.0.